The van der Waals surface area contributed by atoms with Gasteiger partial charge in [0.25, 0.3) is 0 Å². The monoisotopic (exact) mass is 435 g/mol. The Kier molecular flexibility index (Phi) is 7.78. The van der Waals surface area contributed by atoms with Crippen LogP contribution in [0.3, 0.4) is 0 Å². The van der Waals surface area contributed by atoms with E-state index in [1.807, 2.05) is 13.8 Å². The van der Waals surface area contributed by atoms with Gasteiger partial charge < -0.3 is 0 Å². The van der Waals surface area contributed by atoms with Crippen LogP contribution in [0.4, 0.5) is 0 Å². The van der Waals surface area contributed by atoms with Gasteiger partial charge in [0.2, 0.25) is 10.0 Å². The second kappa shape index (κ2) is 8.37. The summed E-state index contributed by atoms with van der Waals surface area (Å²) in [6.07, 6.45) is 1.39. The van der Waals surface area contributed by atoms with Crippen molar-refractivity contribution < 1.29 is 8.42 Å². The van der Waals surface area contributed by atoms with Gasteiger partial charge in [-0.05, 0) is 25.0 Å². The molecule has 0 amide bonds. The highest BCUT2D eigenvalue weighted by atomic mass is 79.9. The Morgan fingerprint density at radius 1 is 1.19 bits per heavy atom. The van der Waals surface area contributed by atoms with Gasteiger partial charge in [-0.2, -0.15) is 4.31 Å². The average Bonchev–Trinajstić information content (AvgIpc) is 2.37. The topological polar surface area (TPSA) is 37.4 Å². The van der Waals surface area contributed by atoms with E-state index in [2.05, 4.69) is 15.9 Å². The van der Waals surface area contributed by atoms with Crippen molar-refractivity contribution in [2.45, 2.75) is 37.6 Å². The number of rotatable bonds is 7. The van der Waals surface area contributed by atoms with Gasteiger partial charge in [0.1, 0.15) is 4.90 Å². The predicted octanol–water partition coefficient (Wildman–Crippen LogP) is 5.17. The molecule has 3 nitrogen and oxygen atoms in total. The lowest BCUT2D eigenvalue weighted by Gasteiger charge is -2.29. The molecule has 0 heterocycles. The molecule has 0 aliphatic carbocycles. The van der Waals surface area contributed by atoms with Crippen LogP contribution in [-0.4, -0.2) is 31.2 Å². The maximum atomic E-state index is 12.9. The van der Waals surface area contributed by atoms with Crippen LogP contribution < -0.4 is 0 Å². The fourth-order valence-corrected chi connectivity index (χ4v) is 6.11. The molecule has 0 aromatic heterocycles. The molecule has 0 fully saturated rings. The van der Waals surface area contributed by atoms with Crippen LogP contribution in [0, 0.1) is 0 Å². The van der Waals surface area contributed by atoms with Crippen LogP contribution >= 0.6 is 50.7 Å². The summed E-state index contributed by atoms with van der Waals surface area (Å²) in [5, 5.41) is 0.194. The second-order valence-corrected chi connectivity index (χ2v) is 8.41. The molecule has 0 aliphatic rings. The Morgan fingerprint density at radius 2 is 1.67 bits per heavy atom. The van der Waals surface area contributed by atoms with Gasteiger partial charge in [0.15, 0.2) is 0 Å². The van der Waals surface area contributed by atoms with Gasteiger partial charge in [-0.25, -0.2) is 8.42 Å². The molecule has 0 saturated carbocycles. The Labute approximate surface area is 149 Å². The number of alkyl halides is 1. The molecule has 0 N–H and O–H groups in total. The van der Waals surface area contributed by atoms with Crippen LogP contribution in [0.15, 0.2) is 21.5 Å². The first-order chi connectivity index (χ1) is 9.79. The minimum Gasteiger partial charge on any atom is -0.207 e. The highest BCUT2D eigenvalue weighted by Crippen LogP contribution is 2.35. The van der Waals surface area contributed by atoms with Crippen molar-refractivity contribution >= 4 is 60.8 Å². The molecule has 120 valence electrons. The van der Waals surface area contributed by atoms with E-state index >= 15 is 0 Å². The summed E-state index contributed by atoms with van der Waals surface area (Å²) in [5.74, 6) is 0.210. The van der Waals surface area contributed by atoms with E-state index in [0.29, 0.717) is 17.3 Å². The molecular weight excluding hydrogens is 420 g/mol. The molecule has 1 rings (SSSR count). The first-order valence-electron chi connectivity index (χ1n) is 6.51. The molecule has 8 heteroatoms. The number of halogens is 4. The molecule has 0 bridgehead atoms. The standard InChI is InChI=1S/C13H17BrCl3NO2S/c1-3-10(4-2)18(6-5-15)21(19,20)13-11(16)7-9(14)8-12(13)17/h7-8,10H,3-6H2,1-2H3. The SMILES string of the molecule is CCC(CC)N(CCCl)S(=O)(=O)c1c(Cl)cc(Br)cc1Cl. The van der Waals surface area contributed by atoms with Crippen LogP contribution in [0.5, 0.6) is 0 Å². The molecule has 1 aromatic rings. The second-order valence-electron chi connectivity index (χ2n) is 4.47. The molecule has 0 spiro atoms. The number of sulfonamides is 1. The van der Waals surface area contributed by atoms with Gasteiger partial charge in [0, 0.05) is 22.9 Å². The summed E-state index contributed by atoms with van der Waals surface area (Å²) >= 11 is 21.2. The van der Waals surface area contributed by atoms with Crippen LogP contribution in [-0.2, 0) is 10.0 Å². The number of nitrogens with zero attached hydrogens (tertiary/aromatic N) is 1. The fraction of sp³-hybridized carbons (Fsp3) is 0.538. The minimum atomic E-state index is -3.80. The Bertz CT molecular complexity index is 568. The minimum absolute atomic E-state index is 0.0638. The zero-order chi connectivity index (χ0) is 16.2. The molecule has 0 saturated heterocycles. The largest absolute Gasteiger partial charge is 0.246 e. The Hall–Kier alpha value is 0.480. The molecular formula is C13H17BrCl3NO2S. The summed E-state index contributed by atoms with van der Waals surface area (Å²) in [5.41, 5.74) is 0. The van der Waals surface area contributed by atoms with Gasteiger partial charge in [-0.15, -0.1) is 11.6 Å². The fourth-order valence-electron chi connectivity index (χ4n) is 2.17. The average molecular weight is 438 g/mol. The third-order valence-corrected chi connectivity index (χ3v) is 6.69. The van der Waals surface area contributed by atoms with E-state index in [1.165, 1.54) is 16.4 Å². The first kappa shape index (κ1) is 19.5. The number of hydrogen-bond donors (Lipinski definition) is 0. The van der Waals surface area contributed by atoms with Gasteiger partial charge in [-0.3, -0.25) is 0 Å². The van der Waals surface area contributed by atoms with Crippen LogP contribution in [0.2, 0.25) is 10.0 Å². The molecule has 0 radical (unpaired) electrons. The lowest BCUT2D eigenvalue weighted by Crippen LogP contribution is -2.41. The van der Waals surface area contributed by atoms with Crippen molar-refractivity contribution in [1.82, 2.24) is 4.31 Å². The molecule has 1 aromatic carbocycles. The van der Waals surface area contributed by atoms with E-state index in [0.717, 1.165) is 0 Å². The van der Waals surface area contributed by atoms with E-state index in [-0.39, 0.29) is 33.4 Å². The smallest absolute Gasteiger partial charge is 0.207 e. The van der Waals surface area contributed by atoms with Crippen LogP contribution in [0.1, 0.15) is 26.7 Å². The van der Waals surface area contributed by atoms with Gasteiger partial charge in [-0.1, -0.05) is 53.0 Å². The maximum Gasteiger partial charge on any atom is 0.246 e. The number of hydrogen-bond acceptors (Lipinski definition) is 2. The number of benzene rings is 1. The van der Waals surface area contributed by atoms with Crippen molar-refractivity contribution in [2.75, 3.05) is 12.4 Å². The van der Waals surface area contributed by atoms with E-state index in [1.54, 1.807) is 0 Å². The van der Waals surface area contributed by atoms with Gasteiger partial charge in [0.05, 0.1) is 10.0 Å². The molecule has 0 atom stereocenters. The van der Waals surface area contributed by atoms with E-state index in [9.17, 15) is 8.42 Å². The summed E-state index contributed by atoms with van der Waals surface area (Å²) in [6.45, 7) is 4.10. The Morgan fingerprint density at radius 3 is 2.05 bits per heavy atom. The van der Waals surface area contributed by atoms with Crippen molar-refractivity contribution in [3.63, 3.8) is 0 Å². The van der Waals surface area contributed by atoms with Gasteiger partial charge >= 0.3 is 0 Å². The van der Waals surface area contributed by atoms with Crippen molar-refractivity contribution in [2.24, 2.45) is 0 Å². The van der Waals surface area contributed by atoms with Crippen molar-refractivity contribution in [3.05, 3.63) is 26.7 Å². The van der Waals surface area contributed by atoms with E-state index < -0.39 is 10.0 Å². The maximum absolute atomic E-state index is 12.9. The van der Waals surface area contributed by atoms with Crippen molar-refractivity contribution in [3.8, 4) is 0 Å². The normalized spacial score (nSPS) is 12.4. The summed E-state index contributed by atoms with van der Waals surface area (Å²) in [7, 11) is -3.80. The van der Waals surface area contributed by atoms with E-state index in [4.69, 9.17) is 34.8 Å². The first-order valence-corrected chi connectivity index (χ1v) is 10.0. The highest BCUT2D eigenvalue weighted by Gasteiger charge is 2.33. The quantitative estimate of drug-likeness (QED) is 0.552. The predicted molar refractivity (Wildman–Crippen MR) is 93.1 cm³/mol. The molecule has 0 unspecified atom stereocenters. The third kappa shape index (κ3) is 4.49. The van der Waals surface area contributed by atoms with Crippen molar-refractivity contribution in [1.29, 1.82) is 0 Å². The molecule has 21 heavy (non-hydrogen) atoms. The summed E-state index contributed by atoms with van der Waals surface area (Å²) < 4.78 is 27.9. The Balaban J connectivity index is 3.43. The lowest BCUT2D eigenvalue weighted by atomic mass is 10.2. The summed E-state index contributed by atoms with van der Waals surface area (Å²) in [4.78, 5) is -0.0638. The summed E-state index contributed by atoms with van der Waals surface area (Å²) in [6, 6.07) is 2.91. The van der Waals surface area contributed by atoms with Crippen LogP contribution in [0.25, 0.3) is 0 Å². The third-order valence-electron chi connectivity index (χ3n) is 3.18. The molecule has 0 aliphatic heterocycles. The zero-order valence-corrected chi connectivity index (χ0v) is 16.4. The zero-order valence-electron chi connectivity index (χ0n) is 11.7. The lowest BCUT2D eigenvalue weighted by molar-refractivity contribution is 0.316. The highest BCUT2D eigenvalue weighted by molar-refractivity contribution is 9.10.